The molecule has 0 aliphatic heterocycles. The zero-order valence-corrected chi connectivity index (χ0v) is 12.5. The van der Waals surface area contributed by atoms with Crippen molar-refractivity contribution in [3.8, 4) is 0 Å². The number of anilines is 1. The SMILES string of the molecule is C=CCCCCCCCCC(=O)Nc1ccc(C)cn1. The average molecular weight is 274 g/mol. The Morgan fingerprint density at radius 2 is 1.90 bits per heavy atom. The van der Waals surface area contributed by atoms with Crippen molar-refractivity contribution in [1.29, 1.82) is 0 Å². The molecule has 3 nitrogen and oxygen atoms in total. The van der Waals surface area contributed by atoms with Crippen molar-refractivity contribution in [3.63, 3.8) is 0 Å². The number of nitrogens with zero attached hydrogens (tertiary/aromatic N) is 1. The van der Waals surface area contributed by atoms with Crippen LogP contribution in [0.1, 0.15) is 56.9 Å². The minimum Gasteiger partial charge on any atom is -0.311 e. The van der Waals surface area contributed by atoms with E-state index >= 15 is 0 Å². The summed E-state index contributed by atoms with van der Waals surface area (Å²) in [6.45, 7) is 5.70. The molecule has 0 aromatic carbocycles. The molecule has 0 aliphatic rings. The minimum atomic E-state index is 0.0630. The molecule has 0 aliphatic carbocycles. The highest BCUT2D eigenvalue weighted by molar-refractivity contribution is 5.89. The van der Waals surface area contributed by atoms with Crippen LogP contribution in [0.4, 0.5) is 5.82 Å². The number of amides is 1. The van der Waals surface area contributed by atoms with Gasteiger partial charge in [0.2, 0.25) is 5.91 Å². The normalized spacial score (nSPS) is 10.2. The first kappa shape index (κ1) is 16.4. The molecule has 110 valence electrons. The Kier molecular flexibility index (Phi) is 8.36. The number of pyridine rings is 1. The van der Waals surface area contributed by atoms with Gasteiger partial charge in [-0.05, 0) is 37.8 Å². The lowest BCUT2D eigenvalue weighted by Gasteiger charge is -2.04. The summed E-state index contributed by atoms with van der Waals surface area (Å²) < 4.78 is 0. The van der Waals surface area contributed by atoms with Crippen LogP contribution in [0.25, 0.3) is 0 Å². The molecule has 1 amide bonds. The van der Waals surface area contributed by atoms with Crippen molar-refractivity contribution in [3.05, 3.63) is 36.5 Å². The van der Waals surface area contributed by atoms with Crippen LogP contribution in [0.5, 0.6) is 0 Å². The van der Waals surface area contributed by atoms with Gasteiger partial charge in [-0.25, -0.2) is 4.98 Å². The summed E-state index contributed by atoms with van der Waals surface area (Å²) in [5, 5.41) is 2.83. The van der Waals surface area contributed by atoms with E-state index in [4.69, 9.17) is 0 Å². The van der Waals surface area contributed by atoms with Gasteiger partial charge in [-0.3, -0.25) is 4.79 Å². The predicted octanol–water partition coefficient (Wildman–Crippen LogP) is 4.64. The number of aromatic nitrogens is 1. The fraction of sp³-hybridized carbons (Fsp3) is 0.529. The lowest BCUT2D eigenvalue weighted by molar-refractivity contribution is -0.116. The van der Waals surface area contributed by atoms with E-state index in [9.17, 15) is 4.79 Å². The first-order chi connectivity index (χ1) is 9.72. The van der Waals surface area contributed by atoms with Crippen LogP contribution < -0.4 is 5.32 Å². The molecule has 0 saturated carbocycles. The van der Waals surface area contributed by atoms with Crippen LogP contribution in [0.15, 0.2) is 31.0 Å². The van der Waals surface area contributed by atoms with Crippen molar-refractivity contribution in [1.82, 2.24) is 4.98 Å². The molecule has 0 fully saturated rings. The summed E-state index contributed by atoms with van der Waals surface area (Å²) in [6.07, 6.45) is 12.5. The summed E-state index contributed by atoms with van der Waals surface area (Å²) in [5.74, 6) is 0.707. The maximum Gasteiger partial charge on any atom is 0.225 e. The predicted molar refractivity (Wildman–Crippen MR) is 84.7 cm³/mol. The maximum atomic E-state index is 11.7. The Morgan fingerprint density at radius 3 is 2.55 bits per heavy atom. The minimum absolute atomic E-state index is 0.0630. The van der Waals surface area contributed by atoms with Gasteiger partial charge in [0.15, 0.2) is 0 Å². The molecular weight excluding hydrogens is 248 g/mol. The molecule has 1 heterocycles. The second-order valence-electron chi connectivity index (χ2n) is 5.22. The Hall–Kier alpha value is -1.64. The van der Waals surface area contributed by atoms with Crippen molar-refractivity contribution in [2.45, 2.75) is 58.3 Å². The number of unbranched alkanes of at least 4 members (excludes halogenated alkanes) is 6. The standard InChI is InChI=1S/C17H26N2O/c1-3-4-5-6-7-8-9-10-11-17(20)19-16-13-12-15(2)14-18-16/h3,12-14H,1,4-11H2,2H3,(H,18,19,20). The van der Waals surface area contributed by atoms with Crippen molar-refractivity contribution < 1.29 is 4.79 Å². The summed E-state index contributed by atoms with van der Waals surface area (Å²) in [4.78, 5) is 15.9. The van der Waals surface area contributed by atoms with Gasteiger partial charge in [-0.1, -0.05) is 37.8 Å². The van der Waals surface area contributed by atoms with Crippen molar-refractivity contribution >= 4 is 11.7 Å². The second-order valence-corrected chi connectivity index (χ2v) is 5.22. The van der Waals surface area contributed by atoms with Crippen LogP contribution >= 0.6 is 0 Å². The van der Waals surface area contributed by atoms with Gasteiger partial charge in [0.05, 0.1) is 0 Å². The molecule has 3 heteroatoms. The van der Waals surface area contributed by atoms with Gasteiger partial charge < -0.3 is 5.32 Å². The second kappa shape index (κ2) is 10.2. The molecule has 1 rings (SSSR count). The third-order valence-electron chi connectivity index (χ3n) is 3.24. The van der Waals surface area contributed by atoms with Gasteiger partial charge in [0.25, 0.3) is 0 Å². The van der Waals surface area contributed by atoms with Gasteiger partial charge >= 0.3 is 0 Å². The molecule has 0 radical (unpaired) electrons. The Bertz CT molecular complexity index is 398. The van der Waals surface area contributed by atoms with Crippen molar-refractivity contribution in [2.24, 2.45) is 0 Å². The highest BCUT2D eigenvalue weighted by Crippen LogP contribution is 2.10. The average Bonchev–Trinajstić information content (AvgIpc) is 2.44. The topological polar surface area (TPSA) is 42.0 Å². The van der Waals surface area contributed by atoms with E-state index in [1.165, 1.54) is 25.7 Å². The number of rotatable bonds is 10. The number of aryl methyl sites for hydroxylation is 1. The fourth-order valence-electron chi connectivity index (χ4n) is 2.03. The van der Waals surface area contributed by atoms with Gasteiger partial charge in [0.1, 0.15) is 5.82 Å². The highest BCUT2D eigenvalue weighted by atomic mass is 16.1. The third kappa shape index (κ3) is 7.72. The Balaban J connectivity index is 2.03. The van der Waals surface area contributed by atoms with Gasteiger partial charge in [0, 0.05) is 12.6 Å². The molecule has 0 saturated heterocycles. The van der Waals surface area contributed by atoms with E-state index in [2.05, 4.69) is 16.9 Å². The van der Waals surface area contributed by atoms with Crippen LogP contribution in [0, 0.1) is 6.92 Å². The number of hydrogen-bond acceptors (Lipinski definition) is 2. The number of carbonyl (C=O) groups excluding carboxylic acids is 1. The summed E-state index contributed by atoms with van der Waals surface area (Å²) in [5.41, 5.74) is 1.10. The third-order valence-corrected chi connectivity index (χ3v) is 3.24. The smallest absolute Gasteiger partial charge is 0.225 e. The molecule has 0 unspecified atom stereocenters. The molecule has 0 spiro atoms. The lowest BCUT2D eigenvalue weighted by Crippen LogP contribution is -2.12. The molecule has 1 N–H and O–H groups in total. The molecular formula is C17H26N2O. The summed E-state index contributed by atoms with van der Waals surface area (Å²) >= 11 is 0. The fourth-order valence-corrected chi connectivity index (χ4v) is 2.03. The molecule has 1 aromatic rings. The first-order valence-electron chi connectivity index (χ1n) is 7.56. The maximum absolute atomic E-state index is 11.7. The largest absolute Gasteiger partial charge is 0.311 e. The van der Waals surface area contributed by atoms with E-state index in [0.717, 1.165) is 24.8 Å². The molecule has 0 bridgehead atoms. The number of allylic oxidation sites excluding steroid dienone is 1. The van der Waals surface area contributed by atoms with Crippen LogP contribution in [0.2, 0.25) is 0 Å². The van der Waals surface area contributed by atoms with E-state index in [-0.39, 0.29) is 5.91 Å². The Labute approximate surface area is 122 Å². The first-order valence-corrected chi connectivity index (χ1v) is 7.56. The zero-order valence-electron chi connectivity index (χ0n) is 12.5. The number of carbonyl (C=O) groups is 1. The number of hydrogen-bond donors (Lipinski definition) is 1. The molecule has 20 heavy (non-hydrogen) atoms. The van der Waals surface area contributed by atoms with Crippen LogP contribution in [-0.4, -0.2) is 10.9 Å². The summed E-state index contributed by atoms with van der Waals surface area (Å²) in [6, 6.07) is 3.79. The van der Waals surface area contributed by atoms with Crippen LogP contribution in [0.3, 0.4) is 0 Å². The van der Waals surface area contributed by atoms with Gasteiger partial charge in [-0.15, -0.1) is 6.58 Å². The zero-order chi connectivity index (χ0) is 14.6. The molecule has 1 aromatic heterocycles. The monoisotopic (exact) mass is 274 g/mol. The van der Waals surface area contributed by atoms with Crippen molar-refractivity contribution in [2.75, 3.05) is 5.32 Å². The quantitative estimate of drug-likeness (QED) is 0.499. The Morgan fingerprint density at radius 1 is 1.20 bits per heavy atom. The van der Waals surface area contributed by atoms with E-state index in [1.54, 1.807) is 6.20 Å². The van der Waals surface area contributed by atoms with E-state index in [0.29, 0.717) is 12.2 Å². The summed E-state index contributed by atoms with van der Waals surface area (Å²) in [7, 11) is 0. The molecule has 0 atom stereocenters. The lowest BCUT2D eigenvalue weighted by atomic mass is 10.1. The van der Waals surface area contributed by atoms with Crippen LogP contribution in [-0.2, 0) is 4.79 Å². The number of nitrogens with one attached hydrogen (secondary N) is 1. The van der Waals surface area contributed by atoms with E-state index in [1.807, 2.05) is 25.1 Å². The van der Waals surface area contributed by atoms with E-state index < -0.39 is 0 Å². The highest BCUT2D eigenvalue weighted by Gasteiger charge is 2.02. The van der Waals surface area contributed by atoms with Gasteiger partial charge in [-0.2, -0.15) is 0 Å².